The summed E-state index contributed by atoms with van der Waals surface area (Å²) in [6.45, 7) is 0. The first kappa shape index (κ1) is 19.8. The SMILES string of the molecule is COc1ccccc1/C=N\NC(=O)c1ccc(NC(=O)c2ccc(F)cc2)cc1. The van der Waals surface area contributed by atoms with Gasteiger partial charge < -0.3 is 10.1 Å². The van der Waals surface area contributed by atoms with Gasteiger partial charge in [0.25, 0.3) is 11.8 Å². The van der Waals surface area contributed by atoms with Gasteiger partial charge in [-0.25, -0.2) is 9.82 Å². The highest BCUT2D eigenvalue weighted by Crippen LogP contribution is 2.15. The van der Waals surface area contributed by atoms with E-state index >= 15 is 0 Å². The van der Waals surface area contributed by atoms with Gasteiger partial charge in [0, 0.05) is 22.4 Å². The van der Waals surface area contributed by atoms with Crippen LogP contribution in [-0.2, 0) is 0 Å². The van der Waals surface area contributed by atoms with Gasteiger partial charge in [0.1, 0.15) is 11.6 Å². The van der Waals surface area contributed by atoms with E-state index in [1.807, 2.05) is 18.2 Å². The summed E-state index contributed by atoms with van der Waals surface area (Å²) in [6, 6.07) is 18.8. The predicted molar refractivity (Wildman–Crippen MR) is 109 cm³/mol. The third-order valence-corrected chi connectivity index (χ3v) is 4.02. The fourth-order valence-corrected chi connectivity index (χ4v) is 2.51. The molecular weight excluding hydrogens is 373 g/mol. The molecule has 0 unspecified atom stereocenters. The second-order valence-corrected chi connectivity index (χ2v) is 5.98. The molecule has 0 fully saturated rings. The zero-order valence-electron chi connectivity index (χ0n) is 15.6. The van der Waals surface area contributed by atoms with Crippen molar-refractivity contribution in [2.75, 3.05) is 12.4 Å². The van der Waals surface area contributed by atoms with Crippen LogP contribution in [0.2, 0.25) is 0 Å². The van der Waals surface area contributed by atoms with E-state index in [4.69, 9.17) is 4.74 Å². The molecule has 0 atom stereocenters. The predicted octanol–water partition coefficient (Wildman–Crippen LogP) is 3.85. The first-order valence-electron chi connectivity index (χ1n) is 8.70. The van der Waals surface area contributed by atoms with Crippen LogP contribution in [0.3, 0.4) is 0 Å². The van der Waals surface area contributed by atoms with E-state index in [2.05, 4.69) is 15.8 Å². The van der Waals surface area contributed by atoms with Gasteiger partial charge in [-0.2, -0.15) is 5.10 Å². The molecule has 29 heavy (non-hydrogen) atoms. The number of hydrogen-bond acceptors (Lipinski definition) is 4. The lowest BCUT2D eigenvalue weighted by molar-refractivity contribution is 0.0954. The largest absolute Gasteiger partial charge is 0.496 e. The third-order valence-electron chi connectivity index (χ3n) is 4.02. The van der Waals surface area contributed by atoms with Crippen LogP contribution in [0.4, 0.5) is 10.1 Å². The van der Waals surface area contributed by atoms with Gasteiger partial charge in [-0.15, -0.1) is 0 Å². The zero-order chi connectivity index (χ0) is 20.6. The minimum absolute atomic E-state index is 0.332. The quantitative estimate of drug-likeness (QED) is 0.495. The number of carbonyl (C=O) groups is 2. The lowest BCUT2D eigenvalue weighted by Crippen LogP contribution is -2.18. The van der Waals surface area contributed by atoms with Crippen molar-refractivity contribution < 1.29 is 18.7 Å². The minimum Gasteiger partial charge on any atom is -0.496 e. The van der Waals surface area contributed by atoms with Crippen molar-refractivity contribution in [1.82, 2.24) is 5.43 Å². The molecule has 0 aromatic heterocycles. The van der Waals surface area contributed by atoms with Crippen LogP contribution < -0.4 is 15.5 Å². The fourth-order valence-electron chi connectivity index (χ4n) is 2.51. The Morgan fingerprint density at radius 2 is 1.52 bits per heavy atom. The fraction of sp³-hybridized carbons (Fsp3) is 0.0455. The summed E-state index contributed by atoms with van der Waals surface area (Å²) in [4.78, 5) is 24.3. The van der Waals surface area contributed by atoms with Gasteiger partial charge >= 0.3 is 0 Å². The van der Waals surface area contributed by atoms with E-state index in [0.29, 0.717) is 22.6 Å². The summed E-state index contributed by atoms with van der Waals surface area (Å²) in [7, 11) is 1.56. The number of para-hydroxylation sites is 1. The van der Waals surface area contributed by atoms with Crippen LogP contribution in [0.25, 0.3) is 0 Å². The molecule has 0 heterocycles. The van der Waals surface area contributed by atoms with Crippen molar-refractivity contribution in [3.8, 4) is 5.75 Å². The first-order chi connectivity index (χ1) is 14.1. The van der Waals surface area contributed by atoms with Crippen molar-refractivity contribution in [1.29, 1.82) is 0 Å². The Balaban J connectivity index is 1.59. The number of nitrogens with zero attached hydrogens (tertiary/aromatic N) is 1. The molecular formula is C22H18FN3O3. The summed E-state index contributed by atoms with van der Waals surface area (Å²) in [6.07, 6.45) is 1.49. The van der Waals surface area contributed by atoms with Crippen LogP contribution in [0.15, 0.2) is 77.9 Å². The molecule has 3 rings (SSSR count). The lowest BCUT2D eigenvalue weighted by Gasteiger charge is -2.06. The van der Waals surface area contributed by atoms with Crippen LogP contribution in [0, 0.1) is 5.82 Å². The Labute approximate surface area is 167 Å². The van der Waals surface area contributed by atoms with Crippen molar-refractivity contribution >= 4 is 23.7 Å². The van der Waals surface area contributed by atoms with Crippen LogP contribution in [0.5, 0.6) is 5.75 Å². The Kier molecular flexibility index (Phi) is 6.32. The monoisotopic (exact) mass is 391 g/mol. The van der Waals surface area contributed by atoms with E-state index < -0.39 is 11.7 Å². The summed E-state index contributed by atoms with van der Waals surface area (Å²) in [5.74, 6) is -0.534. The Morgan fingerprint density at radius 1 is 0.897 bits per heavy atom. The standard InChI is InChI=1S/C22H18FN3O3/c1-29-20-5-3-2-4-17(20)14-24-26-22(28)16-8-12-19(13-9-16)25-21(27)15-6-10-18(23)11-7-15/h2-14H,1H3,(H,25,27)(H,26,28)/b24-14-. The average Bonchev–Trinajstić information content (AvgIpc) is 2.75. The molecule has 3 aromatic carbocycles. The molecule has 0 aliphatic heterocycles. The van der Waals surface area contributed by atoms with Crippen molar-refractivity contribution in [2.45, 2.75) is 0 Å². The number of anilines is 1. The van der Waals surface area contributed by atoms with Gasteiger partial charge in [-0.1, -0.05) is 12.1 Å². The molecule has 0 saturated carbocycles. The highest BCUT2D eigenvalue weighted by molar-refractivity contribution is 6.04. The molecule has 3 aromatic rings. The number of ether oxygens (including phenoxy) is 1. The maximum atomic E-state index is 12.9. The highest BCUT2D eigenvalue weighted by Gasteiger charge is 2.08. The van der Waals surface area contributed by atoms with Crippen molar-refractivity contribution in [2.24, 2.45) is 5.10 Å². The number of hydrazone groups is 1. The maximum Gasteiger partial charge on any atom is 0.271 e. The van der Waals surface area contributed by atoms with E-state index in [1.54, 1.807) is 37.4 Å². The van der Waals surface area contributed by atoms with E-state index in [1.165, 1.54) is 30.5 Å². The molecule has 2 N–H and O–H groups in total. The minimum atomic E-state index is -0.412. The molecule has 0 bridgehead atoms. The average molecular weight is 391 g/mol. The molecule has 0 radical (unpaired) electrons. The van der Waals surface area contributed by atoms with Gasteiger partial charge in [-0.05, 0) is 60.7 Å². The number of carbonyl (C=O) groups excluding carboxylic acids is 2. The van der Waals surface area contributed by atoms with Gasteiger partial charge in [0.15, 0.2) is 0 Å². The van der Waals surface area contributed by atoms with Crippen molar-refractivity contribution in [3.63, 3.8) is 0 Å². The number of hydrogen-bond donors (Lipinski definition) is 2. The lowest BCUT2D eigenvalue weighted by atomic mass is 10.1. The van der Waals surface area contributed by atoms with Crippen molar-refractivity contribution in [3.05, 3.63) is 95.3 Å². The molecule has 0 spiro atoms. The number of rotatable bonds is 6. The van der Waals surface area contributed by atoms with Crippen LogP contribution in [0.1, 0.15) is 26.3 Å². The van der Waals surface area contributed by atoms with Crippen LogP contribution >= 0.6 is 0 Å². The van der Waals surface area contributed by atoms with E-state index in [0.717, 1.165) is 5.56 Å². The Hall–Kier alpha value is -4.00. The van der Waals surface area contributed by atoms with Gasteiger partial charge in [-0.3, -0.25) is 9.59 Å². The van der Waals surface area contributed by atoms with Gasteiger partial charge in [0.05, 0.1) is 13.3 Å². The summed E-state index contributed by atoms with van der Waals surface area (Å²) in [5.41, 5.74) is 4.39. The van der Waals surface area contributed by atoms with Gasteiger partial charge in [0.2, 0.25) is 0 Å². The smallest absolute Gasteiger partial charge is 0.271 e. The number of methoxy groups -OCH3 is 1. The summed E-state index contributed by atoms with van der Waals surface area (Å²) >= 11 is 0. The molecule has 2 amide bonds. The van der Waals surface area contributed by atoms with E-state index in [9.17, 15) is 14.0 Å². The normalized spacial score (nSPS) is 10.6. The molecule has 0 saturated heterocycles. The maximum absolute atomic E-state index is 12.9. The van der Waals surface area contributed by atoms with Crippen LogP contribution in [-0.4, -0.2) is 25.1 Å². The Morgan fingerprint density at radius 3 is 2.21 bits per heavy atom. The second kappa shape index (κ2) is 9.27. The molecule has 6 nitrogen and oxygen atoms in total. The number of benzene rings is 3. The summed E-state index contributed by atoms with van der Waals surface area (Å²) < 4.78 is 18.1. The molecule has 7 heteroatoms. The number of amides is 2. The number of nitrogens with one attached hydrogen (secondary N) is 2. The highest BCUT2D eigenvalue weighted by atomic mass is 19.1. The molecule has 146 valence electrons. The second-order valence-electron chi connectivity index (χ2n) is 5.98. The summed E-state index contributed by atoms with van der Waals surface area (Å²) in [5, 5.41) is 6.62. The topological polar surface area (TPSA) is 79.8 Å². The molecule has 0 aliphatic rings. The zero-order valence-corrected chi connectivity index (χ0v) is 15.6. The Bertz CT molecular complexity index is 1030. The number of halogens is 1. The first-order valence-corrected chi connectivity index (χ1v) is 8.70. The molecule has 0 aliphatic carbocycles. The third kappa shape index (κ3) is 5.26. The van der Waals surface area contributed by atoms with E-state index in [-0.39, 0.29) is 5.91 Å².